The Morgan fingerprint density at radius 3 is 3.00 bits per heavy atom. The highest BCUT2D eigenvalue weighted by Gasteiger charge is 2.27. The lowest BCUT2D eigenvalue weighted by Gasteiger charge is -2.31. The Hall–Kier alpha value is -1.06. The Bertz CT molecular complexity index is 419. The minimum Gasteiger partial charge on any atom is -0.320 e. The van der Waals surface area contributed by atoms with Gasteiger partial charge in [-0.3, -0.25) is 4.79 Å². The van der Waals surface area contributed by atoms with E-state index in [0.29, 0.717) is 11.6 Å². The summed E-state index contributed by atoms with van der Waals surface area (Å²) in [5.41, 5.74) is 7.63. The molecule has 1 atom stereocenters. The van der Waals surface area contributed by atoms with Crippen molar-refractivity contribution in [3.8, 4) is 0 Å². The van der Waals surface area contributed by atoms with Crippen LogP contribution < -0.4 is 10.6 Å². The van der Waals surface area contributed by atoms with Gasteiger partial charge in [0.15, 0.2) is 0 Å². The Kier molecular flexibility index (Phi) is 3.17. The highest BCUT2D eigenvalue weighted by Crippen LogP contribution is 2.29. The third kappa shape index (κ3) is 2.06. The predicted molar refractivity (Wildman–Crippen MR) is 65.8 cm³/mol. The quantitative estimate of drug-likeness (QED) is 0.815. The fourth-order valence-electron chi connectivity index (χ4n) is 1.97. The van der Waals surface area contributed by atoms with Crippen molar-refractivity contribution in [1.29, 1.82) is 0 Å². The molecule has 1 aromatic rings. The molecule has 0 aliphatic carbocycles. The second-order valence-corrected chi connectivity index (χ2v) is 4.60. The van der Waals surface area contributed by atoms with Gasteiger partial charge in [-0.05, 0) is 37.5 Å². The lowest BCUT2D eigenvalue weighted by atomic mass is 10.0. The average molecular weight is 239 g/mol. The van der Waals surface area contributed by atoms with Crippen LogP contribution in [0.2, 0.25) is 5.02 Å². The van der Waals surface area contributed by atoms with Crippen LogP contribution in [0.5, 0.6) is 0 Å². The fourth-order valence-corrected chi connectivity index (χ4v) is 2.19. The molecule has 0 aromatic heterocycles. The first kappa shape index (κ1) is 11.4. The normalized spacial score (nSPS) is 21.3. The van der Waals surface area contributed by atoms with Crippen LogP contribution in [-0.4, -0.2) is 18.5 Å². The molecule has 0 saturated carbocycles. The molecule has 0 spiro atoms. The van der Waals surface area contributed by atoms with Crippen molar-refractivity contribution in [1.82, 2.24) is 0 Å². The van der Waals surface area contributed by atoms with Crippen LogP contribution in [0.25, 0.3) is 0 Å². The van der Waals surface area contributed by atoms with Gasteiger partial charge in [0.2, 0.25) is 5.91 Å². The average Bonchev–Trinajstić information content (AvgIpc) is 2.26. The number of carbonyl (C=O) groups is 1. The van der Waals surface area contributed by atoms with E-state index in [4.69, 9.17) is 17.3 Å². The number of piperidine rings is 1. The van der Waals surface area contributed by atoms with Crippen molar-refractivity contribution >= 4 is 23.2 Å². The molecule has 16 heavy (non-hydrogen) atoms. The molecule has 3 nitrogen and oxygen atoms in total. The van der Waals surface area contributed by atoms with Gasteiger partial charge < -0.3 is 10.6 Å². The Labute approximate surface area is 100 Å². The molecule has 1 heterocycles. The molecule has 1 aliphatic rings. The van der Waals surface area contributed by atoms with E-state index < -0.39 is 0 Å². The maximum Gasteiger partial charge on any atom is 0.243 e. The highest BCUT2D eigenvalue weighted by atomic mass is 35.5. The van der Waals surface area contributed by atoms with Crippen LogP contribution in [0.4, 0.5) is 5.69 Å². The van der Waals surface area contributed by atoms with E-state index in [2.05, 4.69) is 0 Å². The first-order valence-electron chi connectivity index (χ1n) is 5.42. The summed E-state index contributed by atoms with van der Waals surface area (Å²) in [5.74, 6) is -0.0289. The molecule has 1 aliphatic heterocycles. The second-order valence-electron chi connectivity index (χ2n) is 4.19. The lowest BCUT2D eigenvalue weighted by molar-refractivity contribution is -0.120. The number of amides is 1. The Balaban J connectivity index is 2.35. The Morgan fingerprint density at radius 1 is 1.50 bits per heavy atom. The van der Waals surface area contributed by atoms with Gasteiger partial charge in [-0.15, -0.1) is 0 Å². The number of halogens is 1. The summed E-state index contributed by atoms with van der Waals surface area (Å²) in [5, 5.41) is 0.605. The van der Waals surface area contributed by atoms with Gasteiger partial charge in [0.25, 0.3) is 0 Å². The zero-order chi connectivity index (χ0) is 11.7. The maximum absolute atomic E-state index is 11.9. The highest BCUT2D eigenvalue weighted by molar-refractivity contribution is 6.33. The van der Waals surface area contributed by atoms with Crippen LogP contribution in [-0.2, 0) is 4.79 Å². The SMILES string of the molecule is Cc1ccc(Cl)c(N2CCCC(N)C2=O)c1. The van der Waals surface area contributed by atoms with Gasteiger partial charge in [-0.2, -0.15) is 0 Å². The first-order chi connectivity index (χ1) is 7.59. The molecule has 1 saturated heterocycles. The molecule has 86 valence electrons. The van der Waals surface area contributed by atoms with E-state index in [1.54, 1.807) is 4.90 Å². The standard InChI is InChI=1S/C12H15ClN2O/c1-8-4-5-9(13)11(7-8)15-6-2-3-10(14)12(15)16/h4-5,7,10H,2-3,6,14H2,1H3. The topological polar surface area (TPSA) is 46.3 Å². The summed E-state index contributed by atoms with van der Waals surface area (Å²) in [4.78, 5) is 13.6. The summed E-state index contributed by atoms with van der Waals surface area (Å²) in [6, 6.07) is 5.29. The van der Waals surface area contributed by atoms with Crippen LogP contribution in [0.3, 0.4) is 0 Å². The summed E-state index contributed by atoms with van der Waals surface area (Å²) < 4.78 is 0. The van der Waals surface area contributed by atoms with Crippen molar-refractivity contribution in [3.63, 3.8) is 0 Å². The van der Waals surface area contributed by atoms with E-state index in [0.717, 1.165) is 24.1 Å². The first-order valence-corrected chi connectivity index (χ1v) is 5.80. The monoisotopic (exact) mass is 238 g/mol. The summed E-state index contributed by atoms with van der Waals surface area (Å²) in [7, 11) is 0. The van der Waals surface area contributed by atoms with E-state index in [9.17, 15) is 4.79 Å². The molecule has 0 bridgehead atoms. The molecule has 1 aromatic carbocycles. The molecule has 1 fully saturated rings. The number of anilines is 1. The third-order valence-electron chi connectivity index (χ3n) is 2.87. The molecule has 1 unspecified atom stereocenters. The van der Waals surface area contributed by atoms with Gasteiger partial charge in [0, 0.05) is 6.54 Å². The number of carbonyl (C=O) groups excluding carboxylic acids is 1. The van der Waals surface area contributed by atoms with Gasteiger partial charge in [0.1, 0.15) is 0 Å². The number of nitrogens with zero attached hydrogens (tertiary/aromatic N) is 1. The summed E-state index contributed by atoms with van der Waals surface area (Å²) >= 11 is 6.11. The van der Waals surface area contributed by atoms with Gasteiger partial charge in [-0.1, -0.05) is 17.7 Å². The molecular weight excluding hydrogens is 224 g/mol. The van der Waals surface area contributed by atoms with E-state index in [-0.39, 0.29) is 11.9 Å². The van der Waals surface area contributed by atoms with Gasteiger partial charge in [-0.25, -0.2) is 0 Å². The van der Waals surface area contributed by atoms with E-state index >= 15 is 0 Å². The van der Waals surface area contributed by atoms with Crippen LogP contribution in [0.15, 0.2) is 18.2 Å². The number of rotatable bonds is 1. The van der Waals surface area contributed by atoms with E-state index in [1.165, 1.54) is 0 Å². The summed E-state index contributed by atoms with van der Waals surface area (Å²) in [6.45, 7) is 2.68. The number of nitrogens with two attached hydrogens (primary N) is 1. The zero-order valence-electron chi connectivity index (χ0n) is 9.24. The van der Waals surface area contributed by atoms with Crippen LogP contribution in [0.1, 0.15) is 18.4 Å². The van der Waals surface area contributed by atoms with Crippen molar-refractivity contribution < 1.29 is 4.79 Å². The number of hydrogen-bond acceptors (Lipinski definition) is 2. The molecule has 2 N–H and O–H groups in total. The Morgan fingerprint density at radius 2 is 2.25 bits per heavy atom. The third-order valence-corrected chi connectivity index (χ3v) is 3.19. The number of hydrogen-bond donors (Lipinski definition) is 1. The fraction of sp³-hybridized carbons (Fsp3) is 0.417. The van der Waals surface area contributed by atoms with E-state index in [1.807, 2.05) is 25.1 Å². The maximum atomic E-state index is 11.9. The number of benzene rings is 1. The molecular formula is C12H15ClN2O. The minimum atomic E-state index is -0.384. The van der Waals surface area contributed by atoms with Crippen molar-refractivity contribution in [3.05, 3.63) is 28.8 Å². The van der Waals surface area contributed by atoms with Crippen molar-refractivity contribution in [2.45, 2.75) is 25.8 Å². The largest absolute Gasteiger partial charge is 0.320 e. The minimum absolute atomic E-state index is 0.0289. The zero-order valence-corrected chi connectivity index (χ0v) is 10.00. The summed E-state index contributed by atoms with van der Waals surface area (Å²) in [6.07, 6.45) is 1.69. The van der Waals surface area contributed by atoms with Gasteiger partial charge >= 0.3 is 0 Å². The van der Waals surface area contributed by atoms with Crippen LogP contribution in [0, 0.1) is 6.92 Å². The van der Waals surface area contributed by atoms with Crippen molar-refractivity contribution in [2.75, 3.05) is 11.4 Å². The van der Waals surface area contributed by atoms with Gasteiger partial charge in [0.05, 0.1) is 16.8 Å². The van der Waals surface area contributed by atoms with Crippen molar-refractivity contribution in [2.24, 2.45) is 5.73 Å². The predicted octanol–water partition coefficient (Wildman–Crippen LogP) is 2.10. The molecule has 2 rings (SSSR count). The number of aryl methyl sites for hydroxylation is 1. The second kappa shape index (κ2) is 4.44. The lowest BCUT2D eigenvalue weighted by Crippen LogP contribution is -2.48. The van der Waals surface area contributed by atoms with Crippen LogP contribution >= 0.6 is 11.6 Å². The molecule has 4 heteroatoms. The molecule has 0 radical (unpaired) electrons. The molecule has 1 amide bonds. The smallest absolute Gasteiger partial charge is 0.243 e.